The Morgan fingerprint density at radius 3 is 0.566 bits per heavy atom. The number of nitrogens with zero attached hydrogens (tertiary/aromatic N) is 8. The van der Waals surface area contributed by atoms with E-state index in [4.69, 9.17) is 75.3 Å². The van der Waals surface area contributed by atoms with E-state index < -0.39 is 18.1 Å². The summed E-state index contributed by atoms with van der Waals surface area (Å²) in [6, 6.07) is 154. The van der Waals surface area contributed by atoms with E-state index in [1.165, 1.54) is 42.6 Å². The first-order valence-electron chi connectivity index (χ1n) is 40.2. The van der Waals surface area contributed by atoms with Crippen molar-refractivity contribution in [2.75, 3.05) is 0 Å². The summed E-state index contributed by atoms with van der Waals surface area (Å²) in [5, 5.41) is 15.1. The molecular formula is C108H77N8P3S3. The smallest absolute Gasteiger partial charge is 0.164 e. The Labute approximate surface area is 726 Å². The molecule has 0 amide bonds. The fourth-order valence-corrected chi connectivity index (χ4v) is 26.3. The molecule has 0 spiro atoms. The van der Waals surface area contributed by atoms with Gasteiger partial charge in [-0.2, -0.15) is 0 Å². The van der Waals surface area contributed by atoms with E-state index in [1.54, 1.807) is 0 Å². The van der Waals surface area contributed by atoms with Gasteiger partial charge >= 0.3 is 0 Å². The average Bonchev–Trinajstić information content (AvgIpc) is 0.767. The van der Waals surface area contributed by atoms with Gasteiger partial charge in [0.15, 0.2) is 40.8 Å². The lowest BCUT2D eigenvalue weighted by molar-refractivity contribution is 1.07. The van der Waals surface area contributed by atoms with Crippen LogP contribution in [0.15, 0.2) is 467 Å². The Kier molecular flexibility index (Phi) is 23.8. The number of fused-ring (bicyclic) bond motifs is 2. The topological polar surface area (TPSA) is 103 Å². The third-order valence-corrected chi connectivity index (χ3v) is 36.3. The van der Waals surface area contributed by atoms with Crippen LogP contribution in [-0.2, 0) is 35.4 Å². The van der Waals surface area contributed by atoms with Crippen LogP contribution in [0.2, 0.25) is 0 Å². The van der Waals surface area contributed by atoms with Crippen molar-refractivity contribution in [2.45, 2.75) is 0 Å². The zero-order valence-corrected chi connectivity index (χ0v) is 71.2. The van der Waals surface area contributed by atoms with Gasteiger partial charge in [-0.15, -0.1) is 0 Å². The lowest BCUT2D eigenvalue weighted by atomic mass is 10.1. The van der Waals surface area contributed by atoms with Crippen LogP contribution in [0.3, 0.4) is 0 Å². The minimum absolute atomic E-state index is 0.626. The Hall–Kier alpha value is -13.7. The van der Waals surface area contributed by atoms with E-state index in [2.05, 4.69) is 322 Å². The summed E-state index contributed by atoms with van der Waals surface area (Å²) in [7, 11) is 0. The van der Waals surface area contributed by atoms with Gasteiger partial charge in [0.1, 0.15) is 0 Å². The Morgan fingerprint density at radius 1 is 0.131 bits per heavy atom. The second-order valence-electron chi connectivity index (χ2n) is 29.1. The molecule has 0 aliphatic heterocycles. The Morgan fingerprint density at radius 2 is 0.303 bits per heavy atom. The molecule has 3 aromatic heterocycles. The maximum Gasteiger partial charge on any atom is 0.164 e. The van der Waals surface area contributed by atoms with Crippen molar-refractivity contribution < 1.29 is 0 Å². The van der Waals surface area contributed by atoms with Crippen molar-refractivity contribution in [3.8, 4) is 102 Å². The molecule has 0 aliphatic rings. The molecule has 20 rings (SSSR count). The van der Waals surface area contributed by atoms with Gasteiger partial charge in [-0.1, -0.05) is 484 Å². The quantitative estimate of drug-likeness (QED) is 0.0767. The third kappa shape index (κ3) is 17.1. The summed E-state index contributed by atoms with van der Waals surface area (Å²) in [6.07, 6.45) is 0. The van der Waals surface area contributed by atoms with Crippen LogP contribution in [0.1, 0.15) is 0 Å². The number of hydrogen-bond acceptors (Lipinski definition) is 11. The molecule has 20 aromatic rings. The van der Waals surface area contributed by atoms with Gasteiger partial charge in [0.25, 0.3) is 0 Å². The lowest BCUT2D eigenvalue weighted by Crippen LogP contribution is -2.24. The number of rotatable bonds is 18. The second kappa shape index (κ2) is 36.5. The molecule has 0 saturated carbocycles. The first-order valence-corrected chi connectivity index (χ1v) is 48.6. The standard InChI is InChI=1S/C41H28N3PS.C34H25N2PS.C33H24N3PS/c46-45(36-15-3-1-4-16-36,37-17-5-2-6-18-37)38-25-23-31(24-26-38)39-42-40(34-21-19-29-11-7-9-13-32(29)27-34)44-41(43-39)35-22-20-30-12-8-10-14-33(30)28-35;38-37(29-17-9-3-10-18-29,30-19-11-4-12-20-30)31-23-21-27(22-24-31)33-25-32(26-13-5-1-6-14-26)35-34(36-33)28-15-7-2-8-16-28;38-37(28-17-9-3-10-18-28,29-19-11-4-12-20-29)30-23-21-27(22-24-30)33-35-31(25-13-5-1-6-14-25)34-32(36-33)26-15-7-2-8-16-26/h1-28H;1-25H;1-24H. The van der Waals surface area contributed by atoms with E-state index in [1.807, 2.05) is 146 Å². The molecule has 0 saturated heterocycles. The number of aromatic nitrogens is 8. The van der Waals surface area contributed by atoms with E-state index in [0.717, 1.165) is 88.1 Å². The summed E-state index contributed by atoms with van der Waals surface area (Å²) in [6.45, 7) is 0. The monoisotopic (exact) mass is 1670 g/mol. The molecule has 8 nitrogen and oxygen atoms in total. The first kappa shape index (κ1) is 79.4. The predicted octanol–water partition coefficient (Wildman–Crippen LogP) is 22.8. The fraction of sp³-hybridized carbons (Fsp3) is 0. The fourth-order valence-electron chi connectivity index (χ4n) is 15.1. The molecule has 3 heterocycles. The van der Waals surface area contributed by atoms with Crippen molar-refractivity contribution in [1.29, 1.82) is 0 Å². The van der Waals surface area contributed by atoms with Gasteiger partial charge in [-0.05, 0) is 87.5 Å². The van der Waals surface area contributed by atoms with Crippen LogP contribution < -0.4 is 47.7 Å². The van der Waals surface area contributed by atoms with Gasteiger partial charge in [0, 0.05) is 68.2 Å². The van der Waals surface area contributed by atoms with Crippen molar-refractivity contribution in [3.63, 3.8) is 0 Å². The highest BCUT2D eigenvalue weighted by molar-refractivity contribution is 8.26. The van der Waals surface area contributed by atoms with Crippen LogP contribution in [0.4, 0.5) is 0 Å². The Balaban J connectivity index is 0.000000126. The predicted molar refractivity (Wildman–Crippen MR) is 524 cm³/mol. The molecule has 0 N–H and O–H groups in total. The summed E-state index contributed by atoms with van der Waals surface area (Å²) in [5.74, 6) is 4.56. The molecule has 14 heteroatoms. The van der Waals surface area contributed by atoms with E-state index >= 15 is 0 Å². The van der Waals surface area contributed by atoms with Crippen LogP contribution in [0.5, 0.6) is 0 Å². The molecule has 0 fully saturated rings. The largest absolute Gasteiger partial charge is 0.228 e. The average molecular weight is 1680 g/mol. The summed E-state index contributed by atoms with van der Waals surface area (Å²) < 4.78 is 0. The lowest BCUT2D eigenvalue weighted by Gasteiger charge is -2.24. The van der Waals surface area contributed by atoms with Crippen LogP contribution in [0.25, 0.3) is 124 Å². The molecule has 0 radical (unpaired) electrons. The molecule has 582 valence electrons. The second-order valence-corrected chi connectivity index (χ2v) is 42.4. The zero-order chi connectivity index (χ0) is 82.5. The summed E-state index contributed by atoms with van der Waals surface area (Å²) in [5.41, 5.74) is 10.5. The minimum Gasteiger partial charge on any atom is -0.228 e. The summed E-state index contributed by atoms with van der Waals surface area (Å²) >= 11 is 19.6. The third-order valence-electron chi connectivity index (χ3n) is 21.4. The van der Waals surface area contributed by atoms with Crippen LogP contribution in [-0.4, -0.2) is 39.9 Å². The Bertz CT molecular complexity index is 6560. The molecular weight excluding hydrogens is 1600 g/mol. The number of benzene rings is 17. The highest BCUT2D eigenvalue weighted by Crippen LogP contribution is 2.46. The first-order chi connectivity index (χ1) is 60.1. The highest BCUT2D eigenvalue weighted by atomic mass is 32.4. The summed E-state index contributed by atoms with van der Waals surface area (Å²) in [4.78, 5) is 39.5. The molecule has 0 unspecified atom stereocenters. The van der Waals surface area contributed by atoms with Crippen LogP contribution in [0, 0.1) is 0 Å². The van der Waals surface area contributed by atoms with E-state index in [9.17, 15) is 0 Å². The van der Waals surface area contributed by atoms with E-state index in [-0.39, 0.29) is 0 Å². The van der Waals surface area contributed by atoms with Crippen molar-refractivity contribution in [1.82, 2.24) is 39.9 Å². The molecule has 122 heavy (non-hydrogen) atoms. The maximum atomic E-state index is 6.58. The normalized spacial score (nSPS) is 11.4. The van der Waals surface area contributed by atoms with Gasteiger partial charge < -0.3 is 0 Å². The minimum atomic E-state index is -2.27. The maximum absolute atomic E-state index is 6.58. The highest BCUT2D eigenvalue weighted by Gasteiger charge is 2.29. The molecule has 0 bridgehead atoms. The molecule has 0 atom stereocenters. The van der Waals surface area contributed by atoms with Gasteiger partial charge in [-0.25, -0.2) is 39.9 Å². The van der Waals surface area contributed by atoms with Crippen molar-refractivity contribution in [3.05, 3.63) is 467 Å². The van der Waals surface area contributed by atoms with Crippen molar-refractivity contribution >= 4 is 123 Å². The SMILES string of the molecule is S=P(c1ccccc1)(c1ccccc1)c1ccc(-c2cc(-c3ccccc3)nc(-c3ccccc3)n2)cc1.S=P(c1ccccc1)(c1ccccc1)c1ccc(-c2nc(-c3ccc4ccccc4c3)nc(-c3ccc4ccccc4c3)n2)cc1.S=P(c1ccccc1)(c1ccccc1)c1ccc(-c2nc(-c3ccccc3)nc(-c3ccccc3)n2)cc1. The molecule has 0 aliphatic carbocycles. The zero-order valence-electron chi connectivity index (χ0n) is 66.1. The van der Waals surface area contributed by atoms with Crippen molar-refractivity contribution in [2.24, 2.45) is 0 Å². The van der Waals surface area contributed by atoms with E-state index in [0.29, 0.717) is 40.8 Å². The van der Waals surface area contributed by atoms with Gasteiger partial charge in [0.2, 0.25) is 0 Å². The van der Waals surface area contributed by atoms with Crippen LogP contribution >= 0.6 is 18.1 Å². The van der Waals surface area contributed by atoms with Gasteiger partial charge in [-0.3, -0.25) is 0 Å². The molecule has 17 aromatic carbocycles. The number of hydrogen-bond donors (Lipinski definition) is 0. The van der Waals surface area contributed by atoms with Gasteiger partial charge in [0.05, 0.1) is 11.4 Å².